The summed E-state index contributed by atoms with van der Waals surface area (Å²) in [6.45, 7) is 2.32. The smallest absolute Gasteiger partial charge is 0.203 e. The van der Waals surface area contributed by atoms with Crippen LogP contribution in [0.3, 0.4) is 0 Å². The number of nitrogens with one attached hydrogen (secondary N) is 1. The molecule has 6 heteroatoms. The van der Waals surface area contributed by atoms with Crippen molar-refractivity contribution in [1.29, 1.82) is 0 Å². The second kappa shape index (κ2) is 6.10. The van der Waals surface area contributed by atoms with Crippen molar-refractivity contribution in [2.45, 2.75) is 13.5 Å². The number of aromatic amines is 1. The zero-order valence-corrected chi connectivity index (χ0v) is 11.2. The number of aryl methyl sites for hydroxylation is 1. The van der Waals surface area contributed by atoms with E-state index in [9.17, 15) is 0 Å². The highest BCUT2D eigenvalue weighted by Crippen LogP contribution is 2.15. The summed E-state index contributed by atoms with van der Waals surface area (Å²) >= 11 is 0. The molecule has 0 aliphatic carbocycles. The van der Waals surface area contributed by atoms with Gasteiger partial charge in [-0.1, -0.05) is 29.4 Å². The number of H-pyrrole nitrogens is 1. The van der Waals surface area contributed by atoms with Crippen LogP contribution >= 0.6 is 0 Å². The average Bonchev–Trinajstić information content (AvgIpc) is 2.84. The predicted molar refractivity (Wildman–Crippen MR) is 70.9 cm³/mol. The minimum absolute atomic E-state index is 0.488. The Morgan fingerprint density at radius 1 is 1.32 bits per heavy atom. The van der Waals surface area contributed by atoms with Crippen molar-refractivity contribution in [3.63, 3.8) is 0 Å². The van der Waals surface area contributed by atoms with E-state index in [2.05, 4.69) is 20.3 Å². The van der Waals surface area contributed by atoms with E-state index in [1.54, 1.807) is 7.11 Å². The first-order chi connectivity index (χ1) is 9.26. The Kier molecular flexibility index (Phi) is 4.25. The highest BCUT2D eigenvalue weighted by molar-refractivity contribution is 6.11. The van der Waals surface area contributed by atoms with Gasteiger partial charge in [-0.15, -0.1) is 0 Å². The van der Waals surface area contributed by atoms with E-state index < -0.39 is 0 Å². The van der Waals surface area contributed by atoms with Gasteiger partial charge in [-0.3, -0.25) is 5.10 Å². The average molecular weight is 260 g/mol. The fourth-order valence-corrected chi connectivity index (χ4v) is 1.78. The molecule has 2 aromatic rings. The first-order valence-electron chi connectivity index (χ1n) is 5.84. The summed E-state index contributed by atoms with van der Waals surface area (Å²) in [5.41, 5.74) is 2.48. The predicted octanol–water partition coefficient (Wildman–Crippen LogP) is 1.66. The first kappa shape index (κ1) is 13.2. The van der Waals surface area contributed by atoms with Crippen LogP contribution in [-0.4, -0.2) is 35.1 Å². The van der Waals surface area contributed by atoms with E-state index in [-0.39, 0.29) is 0 Å². The van der Waals surface area contributed by atoms with Crippen molar-refractivity contribution < 1.29 is 9.57 Å². The molecule has 0 saturated heterocycles. The Hall–Kier alpha value is -2.21. The number of ether oxygens (including phenoxy) is 1. The van der Waals surface area contributed by atoms with E-state index in [1.807, 2.05) is 31.2 Å². The lowest BCUT2D eigenvalue weighted by Gasteiger charge is -2.08. The fourth-order valence-electron chi connectivity index (χ4n) is 1.78. The maximum Gasteiger partial charge on any atom is 0.203 e. The van der Waals surface area contributed by atoms with E-state index >= 15 is 0 Å². The number of methoxy groups -OCH3 is 1. The standard InChI is InChI=1S/C13H16N4O2/c1-9-14-13(16-15-9)12(17-19-3)11-7-5-4-6-10(11)8-18-2/h4-7H,8H2,1-3H3,(H,14,15,16)/b17-12-. The van der Waals surface area contributed by atoms with Gasteiger partial charge in [0.2, 0.25) is 5.82 Å². The van der Waals surface area contributed by atoms with Crippen LogP contribution in [0.5, 0.6) is 0 Å². The molecule has 0 aliphatic heterocycles. The number of hydrogen-bond acceptors (Lipinski definition) is 5. The minimum atomic E-state index is 0.488. The molecule has 100 valence electrons. The van der Waals surface area contributed by atoms with E-state index in [4.69, 9.17) is 9.57 Å². The van der Waals surface area contributed by atoms with Gasteiger partial charge in [0, 0.05) is 12.7 Å². The molecule has 0 saturated carbocycles. The number of hydrogen-bond donors (Lipinski definition) is 1. The van der Waals surface area contributed by atoms with Crippen LogP contribution in [0.2, 0.25) is 0 Å². The summed E-state index contributed by atoms with van der Waals surface area (Å²) in [4.78, 5) is 9.20. The Labute approximate surface area is 111 Å². The second-order valence-electron chi connectivity index (χ2n) is 3.96. The number of nitrogens with zero attached hydrogens (tertiary/aromatic N) is 3. The first-order valence-corrected chi connectivity index (χ1v) is 5.84. The topological polar surface area (TPSA) is 72.4 Å². The van der Waals surface area contributed by atoms with E-state index in [0.29, 0.717) is 18.1 Å². The van der Waals surface area contributed by atoms with E-state index in [1.165, 1.54) is 7.11 Å². The highest BCUT2D eigenvalue weighted by Gasteiger charge is 2.16. The van der Waals surface area contributed by atoms with E-state index in [0.717, 1.165) is 17.0 Å². The maximum absolute atomic E-state index is 5.19. The quantitative estimate of drug-likeness (QED) is 0.655. The molecule has 2 rings (SSSR count). The molecular formula is C13H16N4O2. The third kappa shape index (κ3) is 2.97. The number of benzene rings is 1. The zero-order chi connectivity index (χ0) is 13.7. The molecule has 0 bridgehead atoms. The fraction of sp³-hybridized carbons (Fsp3) is 0.308. The zero-order valence-electron chi connectivity index (χ0n) is 11.2. The lowest BCUT2D eigenvalue weighted by Crippen LogP contribution is -2.10. The molecule has 1 aromatic heterocycles. The highest BCUT2D eigenvalue weighted by atomic mass is 16.6. The number of oxime groups is 1. The van der Waals surface area contributed by atoms with Gasteiger partial charge in [0.25, 0.3) is 0 Å². The number of aromatic nitrogens is 3. The molecule has 0 amide bonds. The van der Waals surface area contributed by atoms with Crippen LogP contribution < -0.4 is 0 Å². The summed E-state index contributed by atoms with van der Waals surface area (Å²) in [6.07, 6.45) is 0. The Morgan fingerprint density at radius 3 is 2.74 bits per heavy atom. The third-order valence-electron chi connectivity index (χ3n) is 2.56. The third-order valence-corrected chi connectivity index (χ3v) is 2.56. The normalized spacial score (nSPS) is 11.6. The van der Waals surface area contributed by atoms with Crippen molar-refractivity contribution in [1.82, 2.24) is 15.2 Å². The van der Waals surface area contributed by atoms with Gasteiger partial charge in [-0.25, -0.2) is 4.98 Å². The van der Waals surface area contributed by atoms with Crippen LogP contribution in [0.15, 0.2) is 29.4 Å². The summed E-state index contributed by atoms with van der Waals surface area (Å²) < 4.78 is 5.19. The minimum Gasteiger partial charge on any atom is -0.399 e. The van der Waals surface area contributed by atoms with Crippen LogP contribution in [0.4, 0.5) is 0 Å². The van der Waals surface area contributed by atoms with Crippen molar-refractivity contribution in [3.8, 4) is 0 Å². The largest absolute Gasteiger partial charge is 0.399 e. The Balaban J connectivity index is 2.48. The molecule has 0 fully saturated rings. The van der Waals surface area contributed by atoms with Crippen LogP contribution in [0.25, 0.3) is 0 Å². The van der Waals surface area contributed by atoms with Gasteiger partial charge < -0.3 is 9.57 Å². The summed E-state index contributed by atoms with van der Waals surface area (Å²) in [5.74, 6) is 1.23. The van der Waals surface area contributed by atoms with Gasteiger partial charge >= 0.3 is 0 Å². The van der Waals surface area contributed by atoms with Gasteiger partial charge in [0.05, 0.1) is 6.61 Å². The van der Waals surface area contributed by atoms with Gasteiger partial charge in [-0.05, 0) is 12.5 Å². The summed E-state index contributed by atoms with van der Waals surface area (Å²) in [7, 11) is 3.15. The summed E-state index contributed by atoms with van der Waals surface area (Å²) in [5, 5.41) is 11.0. The molecule has 1 aromatic carbocycles. The molecule has 0 unspecified atom stereocenters. The van der Waals surface area contributed by atoms with Crippen molar-refractivity contribution in [2.24, 2.45) is 5.16 Å². The number of rotatable bonds is 5. The second-order valence-corrected chi connectivity index (χ2v) is 3.96. The summed E-state index contributed by atoms with van der Waals surface area (Å²) in [6, 6.07) is 7.80. The molecule has 0 radical (unpaired) electrons. The molecule has 0 atom stereocenters. The monoisotopic (exact) mass is 260 g/mol. The Bertz CT molecular complexity index is 578. The van der Waals surface area contributed by atoms with Crippen molar-refractivity contribution >= 4 is 5.71 Å². The molecule has 0 aliphatic rings. The molecular weight excluding hydrogens is 244 g/mol. The maximum atomic E-state index is 5.19. The lowest BCUT2D eigenvalue weighted by molar-refractivity contribution is 0.184. The molecule has 19 heavy (non-hydrogen) atoms. The molecule has 6 nitrogen and oxygen atoms in total. The van der Waals surface area contributed by atoms with Crippen LogP contribution in [-0.2, 0) is 16.2 Å². The lowest BCUT2D eigenvalue weighted by atomic mass is 10.0. The SMILES string of the molecule is COCc1ccccc1/C(=N/OC)c1n[nH]c(C)n1. The molecule has 0 spiro atoms. The van der Waals surface area contributed by atoms with Crippen LogP contribution in [0, 0.1) is 6.92 Å². The molecule has 1 heterocycles. The van der Waals surface area contributed by atoms with Gasteiger partial charge in [-0.2, -0.15) is 5.10 Å². The van der Waals surface area contributed by atoms with Gasteiger partial charge in [0.15, 0.2) is 5.71 Å². The molecule has 1 N–H and O–H groups in total. The Morgan fingerprint density at radius 2 is 2.11 bits per heavy atom. The van der Waals surface area contributed by atoms with Crippen LogP contribution in [0.1, 0.15) is 22.8 Å². The van der Waals surface area contributed by atoms with Crippen molar-refractivity contribution in [2.75, 3.05) is 14.2 Å². The van der Waals surface area contributed by atoms with Crippen molar-refractivity contribution in [3.05, 3.63) is 47.0 Å². The van der Waals surface area contributed by atoms with Gasteiger partial charge in [0.1, 0.15) is 12.9 Å².